The Labute approximate surface area is 81.5 Å². The van der Waals surface area contributed by atoms with Crippen molar-refractivity contribution in [3.05, 3.63) is 11.8 Å². The summed E-state index contributed by atoms with van der Waals surface area (Å²) in [6.07, 6.45) is 4.16. The number of nitrogens with zero attached hydrogens (tertiary/aromatic N) is 2. The first-order chi connectivity index (χ1) is 6.11. The molecule has 0 aliphatic heterocycles. The minimum absolute atomic E-state index is 0.350. The van der Waals surface area contributed by atoms with E-state index >= 15 is 0 Å². The molecule has 0 bridgehead atoms. The molecule has 0 aromatic rings. The summed E-state index contributed by atoms with van der Waals surface area (Å²) in [5.74, 6) is 1.17. The van der Waals surface area contributed by atoms with Gasteiger partial charge >= 0.3 is 0 Å². The van der Waals surface area contributed by atoms with Crippen LogP contribution in [-0.2, 0) is 0 Å². The van der Waals surface area contributed by atoms with Gasteiger partial charge in [0.05, 0.1) is 0 Å². The fourth-order valence-corrected chi connectivity index (χ4v) is 1.01. The van der Waals surface area contributed by atoms with Crippen molar-refractivity contribution in [2.75, 3.05) is 0 Å². The maximum absolute atomic E-state index is 4.29. The van der Waals surface area contributed by atoms with E-state index in [-0.39, 0.29) is 0 Å². The molecule has 13 heavy (non-hydrogen) atoms. The summed E-state index contributed by atoms with van der Waals surface area (Å²) in [5.41, 5.74) is 1.30. The van der Waals surface area contributed by atoms with Gasteiger partial charge in [-0.3, -0.25) is 0 Å². The molecule has 0 saturated heterocycles. The van der Waals surface area contributed by atoms with Crippen molar-refractivity contribution in [1.82, 2.24) is 0 Å². The maximum atomic E-state index is 4.29. The van der Waals surface area contributed by atoms with Crippen molar-refractivity contribution >= 4 is 12.6 Å². The van der Waals surface area contributed by atoms with Crippen LogP contribution >= 0.6 is 0 Å². The molecular weight excluding hydrogens is 160 g/mol. The average molecular weight is 180 g/mol. The molecule has 0 atom stereocenters. The van der Waals surface area contributed by atoms with E-state index in [1.807, 2.05) is 6.20 Å². The van der Waals surface area contributed by atoms with Crippen LogP contribution in [0.15, 0.2) is 21.8 Å². The first-order valence-electron chi connectivity index (χ1n) is 4.81. The number of rotatable bonds is 4. The lowest BCUT2D eigenvalue weighted by Crippen LogP contribution is -2.02. The quantitative estimate of drug-likeness (QED) is 0.467. The average Bonchev–Trinajstić information content (AvgIpc) is 2.05. The van der Waals surface area contributed by atoms with E-state index in [0.29, 0.717) is 5.92 Å². The Morgan fingerprint density at radius 2 is 2.08 bits per heavy atom. The van der Waals surface area contributed by atoms with Crippen LogP contribution in [0.5, 0.6) is 0 Å². The highest BCUT2D eigenvalue weighted by molar-refractivity contribution is 5.88. The van der Waals surface area contributed by atoms with Crippen LogP contribution in [0.25, 0.3) is 0 Å². The molecule has 0 heterocycles. The zero-order valence-electron chi connectivity index (χ0n) is 9.17. The lowest BCUT2D eigenvalue weighted by atomic mass is 10.2. The van der Waals surface area contributed by atoms with Crippen molar-refractivity contribution in [2.45, 2.75) is 40.5 Å². The van der Waals surface area contributed by atoms with Crippen LogP contribution in [0.4, 0.5) is 0 Å². The Kier molecular flexibility index (Phi) is 6.11. The van der Waals surface area contributed by atoms with Gasteiger partial charge in [0.2, 0.25) is 0 Å². The standard InChI is InChI=1S/C11H20N2/c1-6-7-10(4)8-13-11(12-5)9(2)3/h8-9H,5-7H2,1-4H3/b10-8+,13-11?. The van der Waals surface area contributed by atoms with E-state index in [0.717, 1.165) is 18.7 Å². The molecule has 0 saturated carbocycles. The first-order valence-corrected chi connectivity index (χ1v) is 4.81. The minimum atomic E-state index is 0.350. The molecule has 0 radical (unpaired) electrons. The summed E-state index contributed by atoms with van der Waals surface area (Å²) in [6, 6.07) is 0. The number of allylic oxidation sites excluding steroid dienone is 1. The van der Waals surface area contributed by atoms with Crippen molar-refractivity contribution in [1.29, 1.82) is 0 Å². The molecule has 74 valence electrons. The molecule has 0 spiro atoms. The van der Waals surface area contributed by atoms with Crippen molar-refractivity contribution in [3.63, 3.8) is 0 Å². The summed E-state index contributed by atoms with van der Waals surface area (Å²) in [4.78, 5) is 8.16. The van der Waals surface area contributed by atoms with Gasteiger partial charge in [-0.15, -0.1) is 0 Å². The van der Waals surface area contributed by atoms with Gasteiger partial charge in [0.1, 0.15) is 5.84 Å². The van der Waals surface area contributed by atoms with E-state index in [1.54, 1.807) is 0 Å². The van der Waals surface area contributed by atoms with Crippen LogP contribution in [0.2, 0.25) is 0 Å². The lowest BCUT2D eigenvalue weighted by Gasteiger charge is -2.01. The third kappa shape index (κ3) is 5.34. The van der Waals surface area contributed by atoms with Crippen molar-refractivity contribution < 1.29 is 0 Å². The first kappa shape index (κ1) is 12.1. The van der Waals surface area contributed by atoms with Gasteiger partial charge in [0.15, 0.2) is 0 Å². The van der Waals surface area contributed by atoms with Crippen LogP contribution in [0, 0.1) is 5.92 Å². The maximum Gasteiger partial charge on any atom is 0.129 e. The lowest BCUT2D eigenvalue weighted by molar-refractivity contribution is 0.869. The van der Waals surface area contributed by atoms with Gasteiger partial charge in [0, 0.05) is 12.1 Å². The monoisotopic (exact) mass is 180 g/mol. The third-order valence-corrected chi connectivity index (χ3v) is 1.74. The highest BCUT2D eigenvalue weighted by Crippen LogP contribution is 2.05. The molecule has 0 aliphatic carbocycles. The molecule has 0 unspecified atom stereocenters. The Bertz CT molecular complexity index is 212. The number of hydrogen-bond donors (Lipinski definition) is 0. The summed E-state index contributed by atoms with van der Waals surface area (Å²) in [7, 11) is 0. The Hall–Kier alpha value is -0.920. The molecule has 0 amide bonds. The van der Waals surface area contributed by atoms with Gasteiger partial charge in [-0.05, 0) is 20.1 Å². The predicted molar refractivity (Wildman–Crippen MR) is 60.5 cm³/mol. The van der Waals surface area contributed by atoms with Gasteiger partial charge in [-0.2, -0.15) is 0 Å². The topological polar surface area (TPSA) is 24.7 Å². The Balaban J connectivity index is 4.35. The summed E-state index contributed by atoms with van der Waals surface area (Å²) in [5, 5.41) is 0. The molecule has 0 fully saturated rings. The predicted octanol–water partition coefficient (Wildman–Crippen LogP) is 3.45. The Morgan fingerprint density at radius 1 is 1.46 bits per heavy atom. The molecule has 0 aliphatic rings. The molecular formula is C11H20N2. The largest absolute Gasteiger partial charge is 0.249 e. The Morgan fingerprint density at radius 3 is 2.46 bits per heavy atom. The smallest absolute Gasteiger partial charge is 0.129 e. The fraction of sp³-hybridized carbons (Fsp3) is 0.636. The van der Waals surface area contributed by atoms with E-state index in [2.05, 4.69) is 44.4 Å². The highest BCUT2D eigenvalue weighted by Gasteiger charge is 1.99. The van der Waals surface area contributed by atoms with Crippen LogP contribution < -0.4 is 0 Å². The number of aliphatic imine (C=N–C) groups is 2. The second-order valence-corrected chi connectivity index (χ2v) is 3.53. The van der Waals surface area contributed by atoms with Gasteiger partial charge < -0.3 is 0 Å². The van der Waals surface area contributed by atoms with Crippen molar-refractivity contribution in [3.8, 4) is 0 Å². The van der Waals surface area contributed by atoms with E-state index in [1.165, 1.54) is 5.57 Å². The SMILES string of the molecule is C=NC(=N/C=C(\C)CCC)C(C)C. The zero-order valence-corrected chi connectivity index (χ0v) is 9.17. The zero-order chi connectivity index (χ0) is 10.3. The van der Waals surface area contributed by atoms with Gasteiger partial charge in [0.25, 0.3) is 0 Å². The van der Waals surface area contributed by atoms with Crippen LogP contribution in [-0.4, -0.2) is 12.6 Å². The molecule has 2 heteroatoms. The third-order valence-electron chi connectivity index (χ3n) is 1.74. The second kappa shape index (κ2) is 6.58. The number of hydrogen-bond acceptors (Lipinski definition) is 1. The molecule has 0 aromatic heterocycles. The molecule has 0 aromatic carbocycles. The van der Waals surface area contributed by atoms with Crippen LogP contribution in [0.1, 0.15) is 40.5 Å². The summed E-state index contributed by atoms with van der Waals surface area (Å²) >= 11 is 0. The summed E-state index contributed by atoms with van der Waals surface area (Å²) in [6.45, 7) is 11.9. The van der Waals surface area contributed by atoms with Crippen LogP contribution in [0.3, 0.4) is 0 Å². The summed E-state index contributed by atoms with van der Waals surface area (Å²) < 4.78 is 0. The van der Waals surface area contributed by atoms with Gasteiger partial charge in [-0.1, -0.05) is 32.8 Å². The van der Waals surface area contributed by atoms with E-state index in [9.17, 15) is 0 Å². The highest BCUT2D eigenvalue weighted by atomic mass is 14.9. The minimum Gasteiger partial charge on any atom is -0.249 e. The second-order valence-electron chi connectivity index (χ2n) is 3.53. The number of amidine groups is 1. The van der Waals surface area contributed by atoms with E-state index in [4.69, 9.17) is 0 Å². The van der Waals surface area contributed by atoms with E-state index < -0.39 is 0 Å². The fourth-order valence-electron chi connectivity index (χ4n) is 1.01. The molecule has 0 N–H and O–H groups in total. The van der Waals surface area contributed by atoms with Crippen molar-refractivity contribution in [2.24, 2.45) is 15.9 Å². The van der Waals surface area contributed by atoms with Gasteiger partial charge in [-0.25, -0.2) is 9.98 Å². The molecule has 0 rings (SSSR count). The normalized spacial score (nSPS) is 13.6. The molecule has 2 nitrogen and oxygen atoms in total.